The van der Waals surface area contributed by atoms with Crippen LogP contribution in [0.3, 0.4) is 0 Å². The first-order valence-corrected chi connectivity index (χ1v) is 8.67. The van der Waals surface area contributed by atoms with Gasteiger partial charge < -0.3 is 9.88 Å². The van der Waals surface area contributed by atoms with E-state index in [1.165, 1.54) is 11.3 Å². The summed E-state index contributed by atoms with van der Waals surface area (Å²) >= 11 is 10.9. The normalized spacial score (nSPS) is 12.5. The predicted molar refractivity (Wildman–Crippen MR) is 93.6 cm³/mol. The summed E-state index contributed by atoms with van der Waals surface area (Å²) < 4.78 is 2.66. The number of rotatable bonds is 3. The highest BCUT2D eigenvalue weighted by Crippen LogP contribution is 2.24. The van der Waals surface area contributed by atoms with E-state index in [1.54, 1.807) is 0 Å². The Kier molecular flexibility index (Phi) is 4.25. The molecule has 2 heterocycles. The third-order valence-corrected chi connectivity index (χ3v) is 5.14. The molecule has 0 aliphatic heterocycles. The van der Waals surface area contributed by atoms with E-state index in [0.29, 0.717) is 10.7 Å². The summed E-state index contributed by atoms with van der Waals surface area (Å²) in [5.74, 6) is -0.133. The van der Waals surface area contributed by atoms with Crippen LogP contribution in [0, 0.1) is 0 Å². The van der Waals surface area contributed by atoms with Crippen molar-refractivity contribution in [1.29, 1.82) is 0 Å². The van der Waals surface area contributed by atoms with E-state index in [1.807, 2.05) is 48.2 Å². The summed E-state index contributed by atoms with van der Waals surface area (Å²) in [5, 5.41) is 6.54. The minimum atomic E-state index is -0.156. The second kappa shape index (κ2) is 6.02. The van der Waals surface area contributed by atoms with Crippen molar-refractivity contribution in [3.63, 3.8) is 0 Å². The van der Waals surface area contributed by atoms with Gasteiger partial charge in [-0.25, -0.2) is 4.98 Å². The molecule has 3 aromatic rings. The molecule has 1 aromatic carbocycles. The lowest BCUT2D eigenvalue weighted by Crippen LogP contribution is -2.28. The van der Waals surface area contributed by atoms with Gasteiger partial charge in [-0.1, -0.05) is 17.7 Å². The number of carbonyl (C=O) groups excluding carboxylic acids is 1. The van der Waals surface area contributed by atoms with Gasteiger partial charge in [0.2, 0.25) is 0 Å². The lowest BCUT2D eigenvalue weighted by Gasteiger charge is -2.12. The lowest BCUT2D eigenvalue weighted by atomic mass is 10.2. The molecule has 1 amide bonds. The molecule has 0 aliphatic rings. The highest BCUT2D eigenvalue weighted by atomic mass is 79.9. The highest BCUT2D eigenvalue weighted by Gasteiger charge is 2.17. The molecule has 1 unspecified atom stereocenters. The molecule has 0 saturated carbocycles. The van der Waals surface area contributed by atoms with Gasteiger partial charge in [0, 0.05) is 28.4 Å². The van der Waals surface area contributed by atoms with Crippen molar-refractivity contribution in [3.05, 3.63) is 50.0 Å². The van der Waals surface area contributed by atoms with Crippen LogP contribution in [-0.4, -0.2) is 15.5 Å². The standard InChI is InChI=1S/C15H13BrClN3OS/c1-8(11-7-22-15(16)19-11)18-14(21)13-5-9-3-4-10(17)6-12(9)20(13)2/h3-8H,1-2H3,(H,18,21). The zero-order valence-corrected chi connectivity index (χ0v) is 15.1. The molecule has 3 rings (SSSR count). The van der Waals surface area contributed by atoms with Crippen LogP contribution < -0.4 is 5.32 Å². The van der Waals surface area contributed by atoms with Crippen molar-refractivity contribution in [2.24, 2.45) is 7.05 Å². The minimum Gasteiger partial charge on any atom is -0.343 e. The van der Waals surface area contributed by atoms with Crippen molar-refractivity contribution < 1.29 is 4.79 Å². The summed E-state index contributed by atoms with van der Waals surface area (Å²) in [7, 11) is 1.86. The van der Waals surface area contributed by atoms with Gasteiger partial charge in [-0.2, -0.15) is 0 Å². The van der Waals surface area contributed by atoms with E-state index in [0.717, 1.165) is 20.5 Å². The second-order valence-electron chi connectivity index (χ2n) is 5.01. The minimum absolute atomic E-state index is 0.133. The second-order valence-corrected chi connectivity index (χ2v) is 7.58. The molecule has 1 atom stereocenters. The quantitative estimate of drug-likeness (QED) is 0.704. The van der Waals surface area contributed by atoms with Crippen LogP contribution >= 0.6 is 38.9 Å². The average Bonchev–Trinajstić information content (AvgIpc) is 3.04. The number of hydrogen-bond acceptors (Lipinski definition) is 3. The first-order chi connectivity index (χ1) is 10.5. The summed E-state index contributed by atoms with van der Waals surface area (Å²) in [6.07, 6.45) is 0. The van der Waals surface area contributed by atoms with Gasteiger partial charge in [-0.05, 0) is 41.1 Å². The molecule has 4 nitrogen and oxygen atoms in total. The van der Waals surface area contributed by atoms with Crippen LogP contribution in [0.1, 0.15) is 29.1 Å². The number of carbonyl (C=O) groups is 1. The van der Waals surface area contributed by atoms with Crippen molar-refractivity contribution in [2.75, 3.05) is 0 Å². The smallest absolute Gasteiger partial charge is 0.268 e. The molecule has 0 spiro atoms. The zero-order chi connectivity index (χ0) is 15.9. The van der Waals surface area contributed by atoms with E-state index >= 15 is 0 Å². The van der Waals surface area contributed by atoms with E-state index in [-0.39, 0.29) is 11.9 Å². The summed E-state index contributed by atoms with van der Waals surface area (Å²) in [4.78, 5) is 16.8. The maximum atomic E-state index is 12.5. The Bertz CT molecular complexity index is 858. The summed E-state index contributed by atoms with van der Waals surface area (Å²) in [5.41, 5.74) is 2.37. The number of fused-ring (bicyclic) bond motifs is 1. The highest BCUT2D eigenvalue weighted by molar-refractivity contribution is 9.11. The van der Waals surface area contributed by atoms with E-state index in [4.69, 9.17) is 11.6 Å². The molecule has 0 aliphatic carbocycles. The Morgan fingerprint density at radius 1 is 1.45 bits per heavy atom. The fraction of sp³-hybridized carbons (Fsp3) is 0.200. The van der Waals surface area contributed by atoms with Gasteiger partial charge in [0.15, 0.2) is 3.92 Å². The van der Waals surface area contributed by atoms with Crippen molar-refractivity contribution >= 4 is 55.7 Å². The Hall–Kier alpha value is -1.37. The number of aryl methyl sites for hydroxylation is 1. The molecule has 0 bridgehead atoms. The number of hydrogen-bond donors (Lipinski definition) is 1. The van der Waals surface area contributed by atoms with E-state index < -0.39 is 0 Å². The molecule has 2 aromatic heterocycles. The van der Waals surface area contributed by atoms with Crippen molar-refractivity contribution in [2.45, 2.75) is 13.0 Å². The maximum absolute atomic E-state index is 12.5. The van der Waals surface area contributed by atoms with E-state index in [2.05, 4.69) is 26.2 Å². The maximum Gasteiger partial charge on any atom is 0.268 e. The molecular formula is C15H13BrClN3OS. The molecule has 22 heavy (non-hydrogen) atoms. The zero-order valence-electron chi connectivity index (χ0n) is 11.9. The summed E-state index contributed by atoms with van der Waals surface area (Å²) in [6.45, 7) is 1.92. The number of benzene rings is 1. The van der Waals surface area contributed by atoms with Gasteiger partial charge in [-0.15, -0.1) is 11.3 Å². The van der Waals surface area contributed by atoms with Crippen LogP contribution in [0.5, 0.6) is 0 Å². The molecule has 0 fully saturated rings. The molecule has 0 radical (unpaired) electrons. The van der Waals surface area contributed by atoms with Gasteiger partial charge >= 0.3 is 0 Å². The average molecular weight is 399 g/mol. The van der Waals surface area contributed by atoms with E-state index in [9.17, 15) is 4.79 Å². The lowest BCUT2D eigenvalue weighted by molar-refractivity contribution is 0.0931. The van der Waals surface area contributed by atoms with Crippen molar-refractivity contribution in [1.82, 2.24) is 14.9 Å². The summed E-state index contributed by atoms with van der Waals surface area (Å²) in [6, 6.07) is 7.30. The topological polar surface area (TPSA) is 46.9 Å². The predicted octanol–water partition coefficient (Wildman–Crippen LogP) is 4.54. The van der Waals surface area contributed by atoms with Gasteiger partial charge in [0.05, 0.1) is 11.7 Å². The Morgan fingerprint density at radius 2 is 2.23 bits per heavy atom. The first kappa shape index (κ1) is 15.5. The van der Waals surface area contributed by atoms with Crippen LogP contribution in [0.4, 0.5) is 0 Å². The SMILES string of the molecule is CC(NC(=O)c1cc2ccc(Cl)cc2n1C)c1csc(Br)n1. The third kappa shape index (κ3) is 2.91. The molecule has 114 valence electrons. The Morgan fingerprint density at radius 3 is 2.91 bits per heavy atom. The number of thiazole rings is 1. The van der Waals surface area contributed by atoms with Crippen LogP contribution in [0.15, 0.2) is 33.6 Å². The van der Waals surface area contributed by atoms with Gasteiger partial charge in [-0.3, -0.25) is 4.79 Å². The van der Waals surface area contributed by atoms with Gasteiger partial charge in [0.25, 0.3) is 5.91 Å². The fourth-order valence-electron chi connectivity index (χ4n) is 2.33. The van der Waals surface area contributed by atoms with Crippen molar-refractivity contribution in [3.8, 4) is 0 Å². The molecule has 1 N–H and O–H groups in total. The number of nitrogens with zero attached hydrogens (tertiary/aromatic N) is 2. The fourth-order valence-corrected chi connectivity index (χ4v) is 3.61. The number of nitrogens with one attached hydrogen (secondary N) is 1. The number of amides is 1. The third-order valence-electron chi connectivity index (χ3n) is 3.53. The Labute approximate surface area is 145 Å². The molecule has 0 saturated heterocycles. The van der Waals surface area contributed by atoms with Crippen LogP contribution in [0.2, 0.25) is 5.02 Å². The Balaban J connectivity index is 1.87. The van der Waals surface area contributed by atoms with Crippen LogP contribution in [-0.2, 0) is 7.05 Å². The molecule has 7 heteroatoms. The number of halogens is 2. The van der Waals surface area contributed by atoms with Crippen LogP contribution in [0.25, 0.3) is 10.9 Å². The largest absolute Gasteiger partial charge is 0.343 e. The monoisotopic (exact) mass is 397 g/mol. The number of aromatic nitrogens is 2. The van der Waals surface area contributed by atoms with Gasteiger partial charge in [0.1, 0.15) is 5.69 Å². The first-order valence-electron chi connectivity index (χ1n) is 6.62. The molecular weight excluding hydrogens is 386 g/mol.